The number of aromatic nitrogens is 4. The zero-order valence-corrected chi connectivity index (χ0v) is 25.7. The lowest BCUT2D eigenvalue weighted by atomic mass is 10.1. The average molecular weight is 621 g/mol. The minimum atomic E-state index is -0.588. The van der Waals surface area contributed by atoms with Crippen LogP contribution in [0.4, 0.5) is 11.4 Å². The molecule has 2 aromatic heterocycles. The molecule has 0 spiro atoms. The highest BCUT2D eigenvalue weighted by molar-refractivity contribution is 5.87. The van der Waals surface area contributed by atoms with Gasteiger partial charge in [0, 0.05) is 12.1 Å². The second-order valence-corrected chi connectivity index (χ2v) is 11.4. The van der Waals surface area contributed by atoms with Crippen molar-refractivity contribution in [3.63, 3.8) is 0 Å². The van der Waals surface area contributed by atoms with Crippen LogP contribution in [0.25, 0.3) is 44.8 Å². The smallest absolute Gasteiger partial charge is 0.284 e. The molecule has 0 fully saturated rings. The maximum absolute atomic E-state index is 11.5. The number of ether oxygens (including phenoxy) is 1. The predicted octanol–water partition coefficient (Wildman–Crippen LogP) is 7.00. The average Bonchev–Trinajstić information content (AvgIpc) is 3.52. The third kappa shape index (κ3) is 5.43. The molecule has 0 saturated carbocycles. The SMILES string of the molecule is Cc1cccc2c1nc(-c1ccccc1[N+](=O)[O-])n2CC(C)O.Cc1cccc2c1nc1n2CC(C)Oc2cccc([N+](=O)[O-])c2-1. The van der Waals surface area contributed by atoms with Crippen molar-refractivity contribution < 1.29 is 19.7 Å². The van der Waals surface area contributed by atoms with Crippen LogP contribution >= 0.6 is 0 Å². The van der Waals surface area contributed by atoms with Crippen LogP contribution in [0, 0.1) is 34.1 Å². The van der Waals surface area contributed by atoms with Crippen molar-refractivity contribution in [2.75, 3.05) is 0 Å². The summed E-state index contributed by atoms with van der Waals surface area (Å²) in [6.45, 7) is 8.51. The van der Waals surface area contributed by atoms with Crippen molar-refractivity contribution in [3.8, 4) is 28.5 Å². The molecule has 1 aliphatic rings. The summed E-state index contributed by atoms with van der Waals surface area (Å²) in [6.07, 6.45) is -0.690. The number of rotatable bonds is 5. The van der Waals surface area contributed by atoms with Gasteiger partial charge in [0.1, 0.15) is 23.2 Å². The number of nitro groups is 2. The van der Waals surface area contributed by atoms with Crippen molar-refractivity contribution in [1.29, 1.82) is 0 Å². The van der Waals surface area contributed by atoms with Crippen molar-refractivity contribution in [3.05, 3.63) is 110 Å². The van der Waals surface area contributed by atoms with Crippen LogP contribution in [0.1, 0.15) is 25.0 Å². The van der Waals surface area contributed by atoms with Gasteiger partial charge in [-0.05, 0) is 63.1 Å². The van der Waals surface area contributed by atoms with Gasteiger partial charge in [-0.15, -0.1) is 0 Å². The van der Waals surface area contributed by atoms with Crippen LogP contribution in [-0.4, -0.2) is 46.3 Å². The van der Waals surface area contributed by atoms with Gasteiger partial charge < -0.3 is 19.0 Å². The molecule has 1 aliphatic heterocycles. The van der Waals surface area contributed by atoms with Gasteiger partial charge in [0.2, 0.25) is 0 Å². The van der Waals surface area contributed by atoms with Gasteiger partial charge in [-0.25, -0.2) is 9.97 Å². The molecule has 0 aliphatic carbocycles. The van der Waals surface area contributed by atoms with Gasteiger partial charge in [-0.1, -0.05) is 42.5 Å². The molecule has 2 atom stereocenters. The number of hydrogen-bond acceptors (Lipinski definition) is 8. The Morgan fingerprint density at radius 1 is 0.848 bits per heavy atom. The van der Waals surface area contributed by atoms with Crippen molar-refractivity contribution in [2.24, 2.45) is 0 Å². The van der Waals surface area contributed by atoms with Crippen molar-refractivity contribution in [1.82, 2.24) is 19.1 Å². The number of aliphatic hydroxyl groups is 1. The Hall–Kier alpha value is -5.62. The molecule has 1 N–H and O–H groups in total. The number of nitrogens with zero attached hydrogens (tertiary/aromatic N) is 6. The van der Waals surface area contributed by atoms with Gasteiger partial charge in [0.15, 0.2) is 5.82 Å². The Labute approximate surface area is 263 Å². The summed E-state index contributed by atoms with van der Waals surface area (Å²) in [6, 6.07) is 23.2. The highest BCUT2D eigenvalue weighted by Gasteiger charge is 2.30. The number of benzene rings is 4. The number of fused-ring (bicyclic) bond motifs is 6. The lowest BCUT2D eigenvalue weighted by Gasteiger charge is -2.13. The normalized spacial score (nSPS) is 14.4. The molecular formula is C34H32N6O6. The zero-order valence-electron chi connectivity index (χ0n) is 25.7. The summed E-state index contributed by atoms with van der Waals surface area (Å²) in [5.41, 5.74) is 6.48. The first kappa shape index (κ1) is 30.4. The summed E-state index contributed by atoms with van der Waals surface area (Å²) in [4.78, 5) is 31.3. The van der Waals surface area contributed by atoms with Crippen molar-refractivity contribution in [2.45, 2.75) is 53.0 Å². The lowest BCUT2D eigenvalue weighted by Crippen LogP contribution is -2.17. The zero-order chi connectivity index (χ0) is 32.7. The fourth-order valence-electron chi connectivity index (χ4n) is 5.93. The molecule has 0 radical (unpaired) electrons. The maximum Gasteiger partial charge on any atom is 0.284 e. The molecule has 7 rings (SSSR count). The fraction of sp³-hybridized carbons (Fsp3) is 0.235. The quantitative estimate of drug-likeness (QED) is 0.160. The van der Waals surface area contributed by atoms with Gasteiger partial charge in [0.05, 0.1) is 56.7 Å². The van der Waals surface area contributed by atoms with Crippen LogP contribution in [0.5, 0.6) is 5.75 Å². The molecule has 46 heavy (non-hydrogen) atoms. The molecule has 3 heterocycles. The highest BCUT2D eigenvalue weighted by Crippen LogP contribution is 2.42. The number of aryl methyl sites for hydroxylation is 2. The first-order valence-electron chi connectivity index (χ1n) is 14.8. The van der Waals surface area contributed by atoms with E-state index in [1.54, 1.807) is 37.3 Å². The predicted molar refractivity (Wildman–Crippen MR) is 175 cm³/mol. The van der Waals surface area contributed by atoms with E-state index in [2.05, 4.69) is 4.98 Å². The number of nitro benzene ring substituents is 2. The summed E-state index contributed by atoms with van der Waals surface area (Å²) in [7, 11) is 0. The third-order valence-corrected chi connectivity index (χ3v) is 7.94. The molecule has 12 nitrogen and oxygen atoms in total. The molecule has 2 unspecified atom stereocenters. The van der Waals surface area contributed by atoms with Gasteiger partial charge >= 0.3 is 0 Å². The van der Waals surface area contributed by atoms with E-state index in [9.17, 15) is 25.3 Å². The maximum atomic E-state index is 11.5. The summed E-state index contributed by atoms with van der Waals surface area (Å²) < 4.78 is 9.76. The van der Waals surface area contributed by atoms with E-state index in [4.69, 9.17) is 9.72 Å². The fourth-order valence-corrected chi connectivity index (χ4v) is 5.93. The molecule has 234 valence electrons. The second kappa shape index (κ2) is 12.1. The van der Waals surface area contributed by atoms with E-state index in [0.29, 0.717) is 41.6 Å². The molecule has 6 aromatic rings. The Bertz CT molecular complexity index is 2120. The van der Waals surface area contributed by atoms with Crippen LogP contribution in [0.3, 0.4) is 0 Å². The molecule has 0 saturated heterocycles. The number of aliphatic hydroxyl groups excluding tert-OH is 1. The van der Waals surface area contributed by atoms with Crippen LogP contribution in [0.2, 0.25) is 0 Å². The summed E-state index contributed by atoms with van der Waals surface area (Å²) >= 11 is 0. The Balaban J connectivity index is 0.000000162. The molecule has 4 aromatic carbocycles. The van der Waals surface area contributed by atoms with E-state index in [1.165, 1.54) is 12.1 Å². The third-order valence-electron chi connectivity index (χ3n) is 7.94. The van der Waals surface area contributed by atoms with Gasteiger partial charge in [0.25, 0.3) is 11.4 Å². The summed E-state index contributed by atoms with van der Waals surface area (Å²) in [5.74, 6) is 1.61. The van der Waals surface area contributed by atoms with E-state index in [0.717, 1.165) is 33.2 Å². The van der Waals surface area contributed by atoms with Gasteiger partial charge in [-0.3, -0.25) is 20.2 Å². The highest BCUT2D eigenvalue weighted by atomic mass is 16.6. The van der Waals surface area contributed by atoms with E-state index in [1.807, 2.05) is 66.3 Å². The van der Waals surface area contributed by atoms with Crippen molar-refractivity contribution >= 4 is 33.4 Å². The standard InChI is InChI=1S/C17H15N3O3.C17H17N3O3/c1-10-5-3-7-13-16(10)18-17-15-12(20(21)22)6-4-8-14(15)23-11(2)9-19(13)17;1-11-6-5-9-15-16(11)18-17(19(15)10-12(2)21)13-7-3-4-8-14(13)20(22)23/h3-8,11H,9H2,1-2H3;3-9,12,21H,10H2,1-2H3. The van der Waals surface area contributed by atoms with E-state index < -0.39 is 11.0 Å². The Kier molecular flexibility index (Phi) is 7.97. The number of imidazole rings is 2. The van der Waals surface area contributed by atoms with E-state index in [-0.39, 0.29) is 22.4 Å². The second-order valence-electron chi connectivity index (χ2n) is 11.4. The molecule has 12 heteroatoms. The summed E-state index contributed by atoms with van der Waals surface area (Å²) in [5, 5.41) is 32.6. The minimum Gasteiger partial charge on any atom is -0.488 e. The topological polar surface area (TPSA) is 151 Å². The Morgan fingerprint density at radius 2 is 1.43 bits per heavy atom. The number of hydrogen-bond donors (Lipinski definition) is 1. The number of para-hydroxylation sites is 3. The largest absolute Gasteiger partial charge is 0.488 e. The van der Waals surface area contributed by atoms with E-state index >= 15 is 0 Å². The molecular weight excluding hydrogens is 588 g/mol. The van der Waals surface area contributed by atoms with Crippen LogP contribution in [-0.2, 0) is 13.1 Å². The Morgan fingerprint density at radius 3 is 2.11 bits per heavy atom. The van der Waals surface area contributed by atoms with Gasteiger partial charge in [-0.2, -0.15) is 0 Å². The van der Waals surface area contributed by atoms with Crippen LogP contribution in [0.15, 0.2) is 78.9 Å². The molecule has 0 bridgehead atoms. The lowest BCUT2D eigenvalue weighted by molar-refractivity contribution is -0.384. The minimum absolute atomic E-state index is 0.00676. The monoisotopic (exact) mass is 620 g/mol. The first-order valence-corrected chi connectivity index (χ1v) is 14.8. The molecule has 0 amide bonds. The van der Waals surface area contributed by atoms with Crippen LogP contribution < -0.4 is 4.74 Å². The first-order chi connectivity index (χ1) is 22.0.